The largest absolute Gasteiger partial charge is 0.438 e. The molecule has 0 N–H and O–H groups in total. The zero-order chi connectivity index (χ0) is 23.8. The number of hydrogen-bond acceptors (Lipinski definition) is 5. The molecule has 0 unspecified atom stereocenters. The van der Waals surface area contributed by atoms with Crippen molar-refractivity contribution in [2.75, 3.05) is 0 Å². The van der Waals surface area contributed by atoms with Crippen LogP contribution in [0, 0.1) is 18.3 Å². The van der Waals surface area contributed by atoms with Gasteiger partial charge in [-0.05, 0) is 61.0 Å². The van der Waals surface area contributed by atoms with Gasteiger partial charge in [0.25, 0.3) is 5.56 Å². The van der Waals surface area contributed by atoms with Gasteiger partial charge in [0.05, 0.1) is 16.6 Å². The molecular formula is C26H18ClN5O2. The predicted octanol–water partition coefficient (Wildman–Crippen LogP) is 5.40. The maximum atomic E-state index is 13.5. The number of hydrogen-bond donors (Lipinski definition) is 0. The Labute approximate surface area is 199 Å². The van der Waals surface area contributed by atoms with Gasteiger partial charge in [-0.1, -0.05) is 29.8 Å². The van der Waals surface area contributed by atoms with E-state index >= 15 is 0 Å². The van der Waals surface area contributed by atoms with Crippen LogP contribution in [0.4, 0.5) is 0 Å². The van der Waals surface area contributed by atoms with Crippen molar-refractivity contribution >= 4 is 39.9 Å². The summed E-state index contributed by atoms with van der Waals surface area (Å²) in [6, 6.07) is 20.2. The summed E-state index contributed by atoms with van der Waals surface area (Å²) in [5.41, 5.74) is 2.90. The summed E-state index contributed by atoms with van der Waals surface area (Å²) in [6.07, 6.45) is 3.12. The van der Waals surface area contributed by atoms with E-state index in [-0.39, 0.29) is 22.6 Å². The van der Waals surface area contributed by atoms with Gasteiger partial charge in [0.1, 0.15) is 23.0 Å². The highest BCUT2D eigenvalue weighted by atomic mass is 35.5. The summed E-state index contributed by atoms with van der Waals surface area (Å²) in [7, 11) is 1.83. The molecule has 166 valence electrons. The normalized spacial score (nSPS) is 11.6. The van der Waals surface area contributed by atoms with Gasteiger partial charge in [-0.3, -0.25) is 9.20 Å². The fourth-order valence-electron chi connectivity index (χ4n) is 3.79. The third kappa shape index (κ3) is 3.70. The number of aromatic nitrogens is 4. The molecule has 3 aromatic heterocycles. The second kappa shape index (κ2) is 8.50. The van der Waals surface area contributed by atoms with Crippen LogP contribution in [0.3, 0.4) is 0 Å². The highest BCUT2D eigenvalue weighted by Gasteiger charge is 2.18. The van der Waals surface area contributed by atoms with Crippen LogP contribution in [-0.2, 0) is 7.05 Å². The van der Waals surface area contributed by atoms with E-state index in [0.717, 1.165) is 16.6 Å². The number of imidazole rings is 1. The quantitative estimate of drug-likeness (QED) is 0.330. The summed E-state index contributed by atoms with van der Waals surface area (Å²) >= 11 is 5.99. The summed E-state index contributed by atoms with van der Waals surface area (Å²) < 4.78 is 9.28. The Hall–Kier alpha value is -4.41. The van der Waals surface area contributed by atoms with E-state index in [1.807, 2.05) is 48.9 Å². The third-order valence-corrected chi connectivity index (χ3v) is 5.77. The lowest BCUT2D eigenvalue weighted by Crippen LogP contribution is -2.19. The molecular weight excluding hydrogens is 450 g/mol. The molecule has 0 spiro atoms. The number of allylic oxidation sites excluding steroid dienone is 1. The Kier molecular flexibility index (Phi) is 5.36. The number of pyridine rings is 1. The van der Waals surface area contributed by atoms with Crippen LogP contribution in [0.1, 0.15) is 17.0 Å². The molecule has 0 radical (unpaired) electrons. The molecule has 2 aromatic carbocycles. The molecule has 34 heavy (non-hydrogen) atoms. The number of para-hydroxylation sites is 2. The lowest BCUT2D eigenvalue weighted by atomic mass is 10.1. The van der Waals surface area contributed by atoms with Crippen LogP contribution >= 0.6 is 11.6 Å². The van der Waals surface area contributed by atoms with E-state index in [0.29, 0.717) is 22.2 Å². The van der Waals surface area contributed by atoms with E-state index in [9.17, 15) is 10.1 Å². The first kappa shape index (κ1) is 21.4. The number of rotatable bonds is 4. The van der Waals surface area contributed by atoms with Crippen LogP contribution in [0.15, 0.2) is 71.7 Å². The maximum absolute atomic E-state index is 13.5. The van der Waals surface area contributed by atoms with Gasteiger partial charge in [-0.2, -0.15) is 10.2 Å². The molecule has 3 heterocycles. The van der Waals surface area contributed by atoms with Crippen molar-refractivity contribution in [3.63, 3.8) is 0 Å². The van der Waals surface area contributed by atoms with Gasteiger partial charge in [-0.25, -0.2) is 4.98 Å². The van der Waals surface area contributed by atoms with Gasteiger partial charge in [0.15, 0.2) is 5.82 Å². The number of ether oxygens (including phenoxy) is 1. The lowest BCUT2D eigenvalue weighted by Gasteiger charge is -2.11. The molecule has 5 rings (SSSR count). The maximum Gasteiger partial charge on any atom is 0.269 e. The molecule has 5 aromatic rings. The van der Waals surface area contributed by atoms with E-state index in [4.69, 9.17) is 16.3 Å². The molecule has 7 nitrogen and oxygen atoms in total. The predicted molar refractivity (Wildman–Crippen MR) is 132 cm³/mol. The van der Waals surface area contributed by atoms with Crippen LogP contribution in [0.2, 0.25) is 5.02 Å². The number of benzene rings is 2. The van der Waals surface area contributed by atoms with Crippen LogP contribution in [0.25, 0.3) is 28.3 Å². The highest BCUT2D eigenvalue weighted by molar-refractivity contribution is 6.30. The van der Waals surface area contributed by atoms with Gasteiger partial charge in [0, 0.05) is 18.3 Å². The van der Waals surface area contributed by atoms with Gasteiger partial charge >= 0.3 is 0 Å². The van der Waals surface area contributed by atoms with E-state index in [1.165, 1.54) is 10.5 Å². The molecule has 0 fully saturated rings. The smallest absolute Gasteiger partial charge is 0.269 e. The summed E-state index contributed by atoms with van der Waals surface area (Å²) in [5, 5.41) is 10.6. The second-order valence-corrected chi connectivity index (χ2v) is 8.17. The summed E-state index contributed by atoms with van der Waals surface area (Å²) in [5.74, 6) is 0.994. The molecule has 0 saturated carbocycles. The topological polar surface area (TPSA) is 85.2 Å². The molecule has 0 saturated heterocycles. The van der Waals surface area contributed by atoms with Crippen molar-refractivity contribution in [2.24, 2.45) is 7.05 Å². The molecule has 0 aliphatic rings. The summed E-state index contributed by atoms with van der Waals surface area (Å²) in [6.45, 7) is 1.86. The Morgan fingerprint density at radius 1 is 1.09 bits per heavy atom. The van der Waals surface area contributed by atoms with Crippen molar-refractivity contribution in [3.05, 3.63) is 99.2 Å². The minimum atomic E-state index is -0.357. The van der Waals surface area contributed by atoms with Crippen molar-refractivity contribution < 1.29 is 4.74 Å². The Morgan fingerprint density at radius 3 is 2.59 bits per heavy atom. The average Bonchev–Trinajstić information content (AvgIpc) is 3.17. The molecule has 0 aliphatic heterocycles. The minimum absolute atomic E-state index is 0.0909. The number of nitriles is 1. The van der Waals surface area contributed by atoms with E-state index in [2.05, 4.69) is 16.0 Å². The van der Waals surface area contributed by atoms with Crippen LogP contribution in [0.5, 0.6) is 11.6 Å². The van der Waals surface area contributed by atoms with Crippen molar-refractivity contribution in [2.45, 2.75) is 6.92 Å². The molecule has 0 bridgehead atoms. The van der Waals surface area contributed by atoms with Gasteiger partial charge < -0.3 is 9.30 Å². The van der Waals surface area contributed by atoms with Gasteiger partial charge in [0.2, 0.25) is 5.88 Å². The highest BCUT2D eigenvalue weighted by Crippen LogP contribution is 2.28. The average molecular weight is 468 g/mol. The molecule has 0 aliphatic carbocycles. The van der Waals surface area contributed by atoms with E-state index < -0.39 is 0 Å². The number of nitrogens with zero attached hydrogens (tertiary/aromatic N) is 5. The second-order valence-electron chi connectivity index (χ2n) is 7.73. The van der Waals surface area contributed by atoms with E-state index in [1.54, 1.807) is 36.5 Å². The fourth-order valence-corrected chi connectivity index (χ4v) is 3.91. The Morgan fingerprint density at radius 2 is 1.85 bits per heavy atom. The van der Waals surface area contributed by atoms with Gasteiger partial charge in [-0.15, -0.1) is 0 Å². The molecule has 8 heteroatoms. The Bertz CT molecular complexity index is 1690. The minimum Gasteiger partial charge on any atom is -0.438 e. The van der Waals surface area contributed by atoms with Crippen molar-refractivity contribution in [1.82, 2.24) is 18.9 Å². The zero-order valence-corrected chi connectivity index (χ0v) is 19.1. The van der Waals surface area contributed by atoms with Crippen LogP contribution in [-0.4, -0.2) is 18.9 Å². The Balaban J connectivity index is 1.75. The first-order chi connectivity index (χ1) is 16.5. The van der Waals surface area contributed by atoms with Crippen molar-refractivity contribution in [3.8, 4) is 17.7 Å². The molecule has 0 atom stereocenters. The monoisotopic (exact) mass is 467 g/mol. The number of aryl methyl sites for hydroxylation is 2. The number of halogens is 1. The lowest BCUT2D eigenvalue weighted by molar-refractivity contribution is 0.461. The van der Waals surface area contributed by atoms with Crippen LogP contribution < -0.4 is 10.3 Å². The number of fused-ring (bicyclic) bond motifs is 2. The fraction of sp³-hybridized carbons (Fsp3) is 0.0769. The first-order valence-electron chi connectivity index (χ1n) is 10.5. The SMILES string of the molecule is Cc1cccn2c(=O)c(/C=C(\C#N)c3nc4ccccc4n3C)c(Oc3ccc(Cl)cc3)nc12. The first-order valence-corrected chi connectivity index (χ1v) is 10.8. The standard InChI is InChI=1S/C26H18ClN5O2/c1-16-6-5-13-32-23(16)30-25(34-19-11-9-18(27)10-12-19)20(26(32)33)14-17(15-28)24-29-21-7-3-4-8-22(21)31(24)2/h3-14H,1-2H3/b17-14+. The summed E-state index contributed by atoms with van der Waals surface area (Å²) in [4.78, 5) is 22.7. The van der Waals surface area contributed by atoms with Crippen molar-refractivity contribution in [1.29, 1.82) is 5.26 Å². The third-order valence-electron chi connectivity index (χ3n) is 5.51. The molecule has 0 amide bonds. The zero-order valence-electron chi connectivity index (χ0n) is 18.4.